The molecule has 4 nitrogen and oxygen atoms in total. The molecule has 0 saturated carbocycles. The zero-order valence-corrected chi connectivity index (χ0v) is 10.5. The van der Waals surface area contributed by atoms with Crippen LogP contribution in [0.1, 0.15) is 0 Å². The first-order valence-electron chi connectivity index (χ1n) is 5.81. The van der Waals surface area contributed by atoms with Gasteiger partial charge in [0, 0.05) is 38.0 Å². The van der Waals surface area contributed by atoms with Crippen LogP contribution in [-0.2, 0) is 0 Å². The predicted molar refractivity (Wildman–Crippen MR) is 69.7 cm³/mol. The molecule has 100 valence electrons. The lowest BCUT2D eigenvalue weighted by Gasteiger charge is -2.16. The summed E-state index contributed by atoms with van der Waals surface area (Å²) >= 11 is 0. The zero-order chi connectivity index (χ0) is 13.8. The zero-order valence-electron chi connectivity index (χ0n) is 10.5. The Balaban J connectivity index is 2.37. The first-order valence-corrected chi connectivity index (χ1v) is 5.81. The van der Waals surface area contributed by atoms with Gasteiger partial charge in [0.15, 0.2) is 0 Å². The SMILES string of the molecule is CN(CCN)c1nccc(-c2cc(F)cc(F)c2)n1. The van der Waals surface area contributed by atoms with Crippen molar-refractivity contribution >= 4 is 5.95 Å². The Hall–Kier alpha value is -2.08. The van der Waals surface area contributed by atoms with E-state index in [9.17, 15) is 8.78 Å². The molecule has 1 aromatic carbocycles. The predicted octanol–water partition coefficient (Wildman–Crippen LogP) is 1.82. The topological polar surface area (TPSA) is 55.0 Å². The van der Waals surface area contributed by atoms with Crippen LogP contribution in [0.15, 0.2) is 30.5 Å². The quantitative estimate of drug-likeness (QED) is 0.915. The number of halogens is 2. The van der Waals surface area contributed by atoms with Crippen molar-refractivity contribution in [3.05, 3.63) is 42.1 Å². The summed E-state index contributed by atoms with van der Waals surface area (Å²) in [7, 11) is 1.80. The lowest BCUT2D eigenvalue weighted by molar-refractivity contribution is 0.584. The van der Waals surface area contributed by atoms with Gasteiger partial charge in [0.05, 0.1) is 5.69 Å². The fourth-order valence-electron chi connectivity index (χ4n) is 1.69. The van der Waals surface area contributed by atoms with Crippen molar-refractivity contribution in [3.63, 3.8) is 0 Å². The van der Waals surface area contributed by atoms with Gasteiger partial charge in [0.25, 0.3) is 0 Å². The van der Waals surface area contributed by atoms with Crippen LogP contribution in [0.5, 0.6) is 0 Å². The minimum atomic E-state index is -0.634. The highest BCUT2D eigenvalue weighted by atomic mass is 19.1. The second kappa shape index (κ2) is 5.71. The van der Waals surface area contributed by atoms with Gasteiger partial charge in [-0.2, -0.15) is 0 Å². The van der Waals surface area contributed by atoms with Crippen molar-refractivity contribution in [2.45, 2.75) is 0 Å². The molecule has 1 heterocycles. The Kier molecular flexibility index (Phi) is 4.01. The number of hydrogen-bond donors (Lipinski definition) is 1. The monoisotopic (exact) mass is 264 g/mol. The first-order chi connectivity index (χ1) is 9.10. The van der Waals surface area contributed by atoms with Gasteiger partial charge in [-0.05, 0) is 18.2 Å². The standard InChI is InChI=1S/C13H14F2N4/c1-19(5-3-16)13-17-4-2-12(18-13)9-6-10(14)8-11(15)7-9/h2,4,6-8H,3,5,16H2,1H3. The van der Waals surface area contributed by atoms with Gasteiger partial charge in [0.1, 0.15) is 11.6 Å². The highest BCUT2D eigenvalue weighted by molar-refractivity contribution is 5.60. The number of hydrogen-bond acceptors (Lipinski definition) is 4. The molecule has 19 heavy (non-hydrogen) atoms. The Labute approximate surface area is 109 Å². The molecule has 0 unspecified atom stereocenters. The largest absolute Gasteiger partial charge is 0.343 e. The molecule has 1 aromatic heterocycles. The van der Waals surface area contributed by atoms with E-state index >= 15 is 0 Å². The van der Waals surface area contributed by atoms with Crippen LogP contribution < -0.4 is 10.6 Å². The summed E-state index contributed by atoms with van der Waals surface area (Å²) in [5.74, 6) is -0.802. The molecule has 0 spiro atoms. The number of anilines is 1. The summed E-state index contributed by atoms with van der Waals surface area (Å²) in [4.78, 5) is 10.1. The Bertz CT molecular complexity index is 554. The maximum Gasteiger partial charge on any atom is 0.225 e. The van der Waals surface area contributed by atoms with E-state index in [1.807, 2.05) is 0 Å². The molecule has 2 N–H and O–H groups in total. The molecule has 0 aliphatic carbocycles. The average molecular weight is 264 g/mol. The summed E-state index contributed by atoms with van der Waals surface area (Å²) < 4.78 is 26.4. The highest BCUT2D eigenvalue weighted by Gasteiger charge is 2.08. The van der Waals surface area contributed by atoms with Crippen molar-refractivity contribution in [3.8, 4) is 11.3 Å². The van der Waals surface area contributed by atoms with Crippen LogP contribution in [0.4, 0.5) is 14.7 Å². The Morgan fingerprint density at radius 1 is 1.21 bits per heavy atom. The minimum absolute atomic E-state index is 0.377. The maximum absolute atomic E-state index is 13.2. The van der Waals surface area contributed by atoms with Crippen LogP contribution in [-0.4, -0.2) is 30.1 Å². The number of likely N-dealkylation sites (N-methyl/N-ethyl adjacent to an activating group) is 1. The van der Waals surface area contributed by atoms with Gasteiger partial charge in [-0.1, -0.05) is 0 Å². The summed E-state index contributed by atoms with van der Waals surface area (Å²) in [6.45, 7) is 1.07. The molecule has 0 fully saturated rings. The minimum Gasteiger partial charge on any atom is -0.343 e. The first kappa shape index (κ1) is 13.4. The van der Waals surface area contributed by atoms with Crippen LogP contribution in [0.2, 0.25) is 0 Å². The second-order valence-electron chi connectivity index (χ2n) is 4.11. The van der Waals surface area contributed by atoms with Crippen molar-refractivity contribution in [2.75, 3.05) is 25.0 Å². The molecule has 0 bridgehead atoms. The van der Waals surface area contributed by atoms with E-state index in [2.05, 4.69) is 9.97 Å². The summed E-state index contributed by atoms with van der Waals surface area (Å²) in [5, 5.41) is 0. The highest BCUT2D eigenvalue weighted by Crippen LogP contribution is 2.20. The fourth-order valence-corrected chi connectivity index (χ4v) is 1.69. The maximum atomic E-state index is 13.2. The lowest BCUT2D eigenvalue weighted by Crippen LogP contribution is -2.26. The lowest BCUT2D eigenvalue weighted by atomic mass is 10.1. The van der Waals surface area contributed by atoms with Crippen LogP contribution in [0.3, 0.4) is 0 Å². The van der Waals surface area contributed by atoms with E-state index in [0.29, 0.717) is 30.3 Å². The molecular weight excluding hydrogens is 250 g/mol. The molecule has 0 aliphatic heterocycles. The third-order valence-electron chi connectivity index (χ3n) is 2.61. The van der Waals surface area contributed by atoms with E-state index in [1.54, 1.807) is 24.2 Å². The van der Waals surface area contributed by atoms with Gasteiger partial charge in [-0.3, -0.25) is 0 Å². The summed E-state index contributed by atoms with van der Waals surface area (Å²) in [6.07, 6.45) is 1.55. The van der Waals surface area contributed by atoms with Crippen molar-refractivity contribution in [1.82, 2.24) is 9.97 Å². The molecule has 0 atom stereocenters. The fraction of sp³-hybridized carbons (Fsp3) is 0.231. The summed E-state index contributed by atoms with van der Waals surface area (Å²) in [6, 6.07) is 4.90. The Morgan fingerprint density at radius 3 is 2.53 bits per heavy atom. The number of nitrogens with two attached hydrogens (primary N) is 1. The molecule has 0 radical (unpaired) electrons. The molecule has 2 rings (SSSR count). The van der Waals surface area contributed by atoms with Gasteiger partial charge in [-0.15, -0.1) is 0 Å². The molecule has 0 saturated heterocycles. The normalized spacial score (nSPS) is 10.5. The van der Waals surface area contributed by atoms with Crippen molar-refractivity contribution in [2.24, 2.45) is 5.73 Å². The van der Waals surface area contributed by atoms with Gasteiger partial charge in [0.2, 0.25) is 5.95 Å². The van der Waals surface area contributed by atoms with E-state index in [1.165, 1.54) is 12.1 Å². The van der Waals surface area contributed by atoms with Gasteiger partial charge < -0.3 is 10.6 Å². The molecule has 2 aromatic rings. The van der Waals surface area contributed by atoms with Crippen LogP contribution in [0.25, 0.3) is 11.3 Å². The van der Waals surface area contributed by atoms with Crippen LogP contribution in [0, 0.1) is 11.6 Å². The third-order valence-corrected chi connectivity index (χ3v) is 2.61. The van der Waals surface area contributed by atoms with Gasteiger partial charge >= 0.3 is 0 Å². The molecular formula is C13H14F2N4. The van der Waals surface area contributed by atoms with E-state index < -0.39 is 11.6 Å². The number of benzene rings is 1. The Morgan fingerprint density at radius 2 is 1.89 bits per heavy atom. The van der Waals surface area contributed by atoms with E-state index in [4.69, 9.17) is 5.73 Å². The van der Waals surface area contributed by atoms with Gasteiger partial charge in [-0.25, -0.2) is 18.7 Å². The van der Waals surface area contributed by atoms with Crippen molar-refractivity contribution in [1.29, 1.82) is 0 Å². The number of nitrogens with zero attached hydrogens (tertiary/aromatic N) is 3. The second-order valence-corrected chi connectivity index (χ2v) is 4.11. The van der Waals surface area contributed by atoms with Crippen LogP contribution >= 0.6 is 0 Å². The number of rotatable bonds is 4. The van der Waals surface area contributed by atoms with E-state index in [0.717, 1.165) is 6.07 Å². The van der Waals surface area contributed by atoms with E-state index in [-0.39, 0.29) is 0 Å². The molecule has 0 aliphatic rings. The summed E-state index contributed by atoms with van der Waals surface area (Å²) in [5.41, 5.74) is 6.30. The number of aromatic nitrogens is 2. The third kappa shape index (κ3) is 3.23. The smallest absolute Gasteiger partial charge is 0.225 e. The molecule has 0 amide bonds. The van der Waals surface area contributed by atoms with Crippen molar-refractivity contribution < 1.29 is 8.78 Å². The average Bonchev–Trinajstić information content (AvgIpc) is 2.38. The molecule has 6 heteroatoms.